The molecular weight excluding hydrogens is 188 g/mol. The number of nitrogens with one attached hydrogen (secondary N) is 1. The van der Waals surface area contributed by atoms with Gasteiger partial charge in [-0.2, -0.15) is 0 Å². The second-order valence-electron chi connectivity index (χ2n) is 3.21. The van der Waals surface area contributed by atoms with E-state index in [1.54, 1.807) is 6.20 Å². The van der Waals surface area contributed by atoms with Crippen LogP contribution in [0.4, 0.5) is 0 Å². The number of aryl methyl sites for hydroxylation is 1. The highest BCUT2D eigenvalue weighted by Gasteiger charge is 2.10. The van der Waals surface area contributed by atoms with Crippen molar-refractivity contribution in [1.29, 1.82) is 0 Å². The molecule has 1 aromatic heterocycles. The van der Waals surface area contributed by atoms with Crippen LogP contribution in [0.25, 0.3) is 0 Å². The molecule has 0 aliphatic carbocycles. The van der Waals surface area contributed by atoms with Gasteiger partial charge in [-0.1, -0.05) is 0 Å². The lowest BCUT2D eigenvalue weighted by Crippen LogP contribution is -2.28. The van der Waals surface area contributed by atoms with Crippen molar-refractivity contribution in [2.75, 3.05) is 0 Å². The van der Waals surface area contributed by atoms with Gasteiger partial charge in [0.2, 0.25) is 0 Å². The Morgan fingerprint density at radius 2 is 2.40 bits per heavy atom. The number of hydrogen-bond acceptors (Lipinski definition) is 4. The number of aromatic nitrogens is 2. The Bertz CT molecular complexity index is 364. The van der Waals surface area contributed by atoms with Gasteiger partial charge in [-0.05, 0) is 26.3 Å². The topological polar surface area (TPSA) is 63.8 Å². The first-order valence-electron chi connectivity index (χ1n) is 4.93. The second kappa shape index (κ2) is 6.12. The van der Waals surface area contributed by atoms with Crippen molar-refractivity contribution in [1.82, 2.24) is 15.4 Å². The van der Waals surface area contributed by atoms with Crippen LogP contribution in [-0.4, -0.2) is 9.97 Å². The molecule has 0 aliphatic rings. The lowest BCUT2D eigenvalue weighted by atomic mass is 10.1. The van der Waals surface area contributed by atoms with Crippen molar-refractivity contribution in [3.8, 4) is 11.8 Å². The van der Waals surface area contributed by atoms with Gasteiger partial charge in [-0.25, -0.2) is 9.97 Å². The molecule has 0 spiro atoms. The van der Waals surface area contributed by atoms with Gasteiger partial charge in [0.15, 0.2) is 0 Å². The molecule has 0 radical (unpaired) electrons. The molecule has 0 bridgehead atoms. The summed E-state index contributed by atoms with van der Waals surface area (Å²) >= 11 is 0. The maximum absolute atomic E-state index is 5.48. The largest absolute Gasteiger partial charge is 0.271 e. The van der Waals surface area contributed by atoms with E-state index in [1.165, 1.54) is 0 Å². The van der Waals surface area contributed by atoms with Crippen LogP contribution < -0.4 is 11.3 Å². The lowest BCUT2D eigenvalue weighted by Gasteiger charge is -2.13. The monoisotopic (exact) mass is 204 g/mol. The Labute approximate surface area is 90.3 Å². The van der Waals surface area contributed by atoms with E-state index in [0.29, 0.717) is 0 Å². The van der Waals surface area contributed by atoms with E-state index in [0.717, 1.165) is 24.4 Å². The zero-order valence-corrected chi connectivity index (χ0v) is 9.12. The van der Waals surface area contributed by atoms with Crippen molar-refractivity contribution < 1.29 is 0 Å². The molecule has 0 aromatic carbocycles. The highest BCUT2D eigenvalue weighted by atomic mass is 15.2. The minimum Gasteiger partial charge on any atom is -0.271 e. The summed E-state index contributed by atoms with van der Waals surface area (Å²) in [5.74, 6) is 12.1. The van der Waals surface area contributed by atoms with Crippen LogP contribution in [0, 0.1) is 18.8 Å². The van der Waals surface area contributed by atoms with Gasteiger partial charge < -0.3 is 0 Å². The molecule has 1 unspecified atom stereocenters. The number of nitrogens with two attached hydrogens (primary N) is 1. The zero-order valence-electron chi connectivity index (χ0n) is 9.12. The average Bonchev–Trinajstić information content (AvgIpc) is 2.24. The van der Waals surface area contributed by atoms with E-state index < -0.39 is 0 Å². The van der Waals surface area contributed by atoms with Gasteiger partial charge in [0, 0.05) is 12.6 Å². The molecule has 80 valence electrons. The van der Waals surface area contributed by atoms with Gasteiger partial charge in [0.05, 0.1) is 11.7 Å². The highest BCUT2D eigenvalue weighted by molar-refractivity contribution is 5.08. The minimum absolute atomic E-state index is 0.0487. The zero-order chi connectivity index (χ0) is 11.1. The Morgan fingerprint density at radius 1 is 1.60 bits per heavy atom. The van der Waals surface area contributed by atoms with E-state index in [2.05, 4.69) is 27.2 Å². The van der Waals surface area contributed by atoms with Gasteiger partial charge in [-0.3, -0.25) is 11.3 Å². The molecule has 4 nitrogen and oxygen atoms in total. The summed E-state index contributed by atoms with van der Waals surface area (Å²) in [6.45, 7) is 3.70. The van der Waals surface area contributed by atoms with Crippen LogP contribution in [0.1, 0.15) is 37.3 Å². The maximum atomic E-state index is 5.48. The number of nitrogens with zero attached hydrogens (tertiary/aromatic N) is 2. The summed E-state index contributed by atoms with van der Waals surface area (Å²) in [6.07, 6.45) is 3.41. The van der Waals surface area contributed by atoms with Crippen molar-refractivity contribution in [3.63, 3.8) is 0 Å². The van der Waals surface area contributed by atoms with Gasteiger partial charge in [0.25, 0.3) is 0 Å². The second-order valence-corrected chi connectivity index (χ2v) is 3.21. The van der Waals surface area contributed by atoms with Crippen LogP contribution >= 0.6 is 0 Å². The Balaban J connectivity index is 2.68. The van der Waals surface area contributed by atoms with E-state index in [-0.39, 0.29) is 6.04 Å². The summed E-state index contributed by atoms with van der Waals surface area (Å²) in [4.78, 5) is 8.37. The third-order valence-electron chi connectivity index (χ3n) is 2.09. The Hall–Kier alpha value is -1.44. The SMILES string of the molecule is CC#CCCC(NN)c1ccnc(C)n1. The molecule has 4 heteroatoms. The predicted molar refractivity (Wildman–Crippen MR) is 59.5 cm³/mol. The molecule has 3 N–H and O–H groups in total. The van der Waals surface area contributed by atoms with E-state index >= 15 is 0 Å². The van der Waals surface area contributed by atoms with Gasteiger partial charge >= 0.3 is 0 Å². The highest BCUT2D eigenvalue weighted by Crippen LogP contribution is 2.14. The van der Waals surface area contributed by atoms with Crippen LogP contribution in [0.5, 0.6) is 0 Å². The summed E-state index contributed by atoms with van der Waals surface area (Å²) in [6, 6.07) is 1.92. The summed E-state index contributed by atoms with van der Waals surface area (Å²) in [5.41, 5.74) is 3.67. The minimum atomic E-state index is 0.0487. The molecule has 15 heavy (non-hydrogen) atoms. The summed E-state index contributed by atoms with van der Waals surface area (Å²) in [5, 5.41) is 0. The lowest BCUT2D eigenvalue weighted by molar-refractivity contribution is 0.509. The molecule has 1 heterocycles. The number of hydrazine groups is 1. The Kier molecular flexibility index (Phi) is 4.75. The third kappa shape index (κ3) is 3.66. The van der Waals surface area contributed by atoms with E-state index in [9.17, 15) is 0 Å². The quantitative estimate of drug-likeness (QED) is 0.438. The molecule has 0 saturated heterocycles. The summed E-state index contributed by atoms with van der Waals surface area (Å²) < 4.78 is 0. The molecule has 0 fully saturated rings. The number of hydrogen-bond donors (Lipinski definition) is 2. The molecule has 1 atom stereocenters. The van der Waals surface area contributed by atoms with Crippen LogP contribution in [-0.2, 0) is 0 Å². The normalized spacial score (nSPS) is 11.7. The van der Waals surface area contributed by atoms with Gasteiger partial charge in [-0.15, -0.1) is 11.8 Å². The fourth-order valence-electron chi connectivity index (χ4n) is 1.33. The molecule has 0 saturated carbocycles. The number of rotatable bonds is 4. The molecular formula is C11H16N4. The fraction of sp³-hybridized carbons (Fsp3) is 0.455. The van der Waals surface area contributed by atoms with Crippen LogP contribution in [0.15, 0.2) is 12.3 Å². The third-order valence-corrected chi connectivity index (χ3v) is 2.09. The molecule has 1 rings (SSSR count). The van der Waals surface area contributed by atoms with Gasteiger partial charge in [0.1, 0.15) is 5.82 Å². The van der Waals surface area contributed by atoms with Crippen LogP contribution in [0.3, 0.4) is 0 Å². The first-order valence-corrected chi connectivity index (χ1v) is 4.93. The average molecular weight is 204 g/mol. The standard InChI is InChI=1S/C11H16N4/c1-3-4-5-6-11(15-12)10-7-8-13-9(2)14-10/h7-8,11,15H,5-6,12H2,1-2H3. The predicted octanol–water partition coefficient (Wildman–Crippen LogP) is 1.09. The molecule has 0 amide bonds. The molecule has 0 aliphatic heterocycles. The van der Waals surface area contributed by atoms with E-state index in [4.69, 9.17) is 5.84 Å². The summed E-state index contributed by atoms with van der Waals surface area (Å²) in [7, 11) is 0. The smallest absolute Gasteiger partial charge is 0.125 e. The van der Waals surface area contributed by atoms with Crippen LogP contribution in [0.2, 0.25) is 0 Å². The van der Waals surface area contributed by atoms with Crippen molar-refractivity contribution in [2.24, 2.45) is 5.84 Å². The van der Waals surface area contributed by atoms with Crippen molar-refractivity contribution >= 4 is 0 Å². The van der Waals surface area contributed by atoms with Crippen molar-refractivity contribution in [2.45, 2.75) is 32.7 Å². The fourth-order valence-corrected chi connectivity index (χ4v) is 1.33. The van der Waals surface area contributed by atoms with E-state index in [1.807, 2.05) is 19.9 Å². The van der Waals surface area contributed by atoms with Crippen molar-refractivity contribution in [3.05, 3.63) is 23.8 Å². The first kappa shape index (κ1) is 11.6. The molecule has 1 aromatic rings. The Morgan fingerprint density at radius 3 is 3.00 bits per heavy atom. The first-order chi connectivity index (χ1) is 7.27. The maximum Gasteiger partial charge on any atom is 0.125 e.